The van der Waals surface area contributed by atoms with Gasteiger partial charge in [-0.3, -0.25) is 38.6 Å². The number of hydrogen-bond donors (Lipinski definition) is 5. The van der Waals surface area contributed by atoms with E-state index in [1.807, 2.05) is 0 Å². The highest BCUT2D eigenvalue weighted by Crippen LogP contribution is 2.17. The van der Waals surface area contributed by atoms with Gasteiger partial charge in [0.25, 0.3) is 0 Å². The van der Waals surface area contributed by atoms with Crippen molar-refractivity contribution >= 4 is 68.5 Å². The first-order valence-electron chi connectivity index (χ1n) is 23.7. The third-order valence-electron chi connectivity index (χ3n) is 10.0. The van der Waals surface area contributed by atoms with Gasteiger partial charge in [-0.25, -0.2) is 0 Å². The molecule has 0 aliphatic carbocycles. The minimum Gasteiger partial charge on any atom is -0.481 e. The number of thioether (sulfide) groups is 1. The fraction of sp³-hybridized carbons (Fsp3) is 0.822. The van der Waals surface area contributed by atoms with E-state index in [0.29, 0.717) is 44.6 Å². The number of carboxylic acids is 2. The summed E-state index contributed by atoms with van der Waals surface area (Å²) in [6.45, 7) is 1.82. The van der Waals surface area contributed by atoms with Crippen LogP contribution in [0.5, 0.6) is 0 Å². The molecule has 0 saturated carbocycles. The first-order chi connectivity index (χ1) is 31.3. The molecular weight excluding hydrogens is 870 g/mol. The first kappa shape index (κ1) is 59.2. The number of Topliss-reactive ketones (excluding diaryl/α,β-unsaturated/α-hetero) is 3. The van der Waals surface area contributed by atoms with Crippen molar-refractivity contribution in [3.05, 3.63) is 0 Å². The van der Waals surface area contributed by atoms with Crippen LogP contribution in [0.1, 0.15) is 149 Å². The second-order valence-electron chi connectivity index (χ2n) is 15.8. The van der Waals surface area contributed by atoms with Crippen LogP contribution in [-0.2, 0) is 57.3 Å². The van der Waals surface area contributed by atoms with E-state index in [2.05, 4.69) is 25.1 Å². The average Bonchev–Trinajstić information content (AvgIpc) is 3.26. The smallest absolute Gasteiger partial charge is 0.306 e. The van der Waals surface area contributed by atoms with Crippen molar-refractivity contribution in [1.82, 2.24) is 15.7 Å². The van der Waals surface area contributed by atoms with Crippen molar-refractivity contribution in [2.75, 3.05) is 77.5 Å². The number of carboxylic acid groups (broad SMARTS) is 2. The van der Waals surface area contributed by atoms with E-state index in [1.165, 1.54) is 56.7 Å². The Hall–Kier alpha value is -2.86. The Bertz CT molecular complexity index is 1330. The highest BCUT2D eigenvalue weighted by molar-refractivity contribution is 8.00. The van der Waals surface area contributed by atoms with Crippen molar-refractivity contribution in [3.63, 3.8) is 0 Å². The molecule has 3 atom stereocenters. The molecule has 0 heterocycles. The highest BCUT2D eigenvalue weighted by atomic mass is 32.2. The second-order valence-corrected chi connectivity index (χ2v) is 17.2. The van der Waals surface area contributed by atoms with Gasteiger partial charge in [-0.05, 0) is 32.1 Å². The number of ether oxygens (including phenoxy) is 4. The summed E-state index contributed by atoms with van der Waals surface area (Å²) in [5, 5.41) is 26.3. The number of unbranched alkanes of at least 4 members (excludes halogenated alkanes) is 13. The van der Waals surface area contributed by atoms with Gasteiger partial charge in [-0.2, -0.15) is 11.8 Å². The van der Waals surface area contributed by atoms with Gasteiger partial charge in [-0.1, -0.05) is 86.4 Å². The van der Waals surface area contributed by atoms with Gasteiger partial charge in [-0.15, -0.1) is 0 Å². The quantitative estimate of drug-likeness (QED) is 0.0290. The monoisotopic (exact) mass is 952 g/mol. The van der Waals surface area contributed by atoms with Crippen molar-refractivity contribution in [2.45, 2.75) is 154 Å². The third kappa shape index (κ3) is 43.1. The lowest BCUT2D eigenvalue weighted by atomic mass is 9.94. The van der Waals surface area contributed by atoms with Gasteiger partial charge >= 0.3 is 11.9 Å². The predicted molar refractivity (Wildman–Crippen MR) is 249 cm³/mol. The first-order valence-corrected chi connectivity index (χ1v) is 25.0. The largest absolute Gasteiger partial charge is 0.481 e. The molecule has 0 rings (SSSR count). The molecule has 0 saturated heterocycles. The van der Waals surface area contributed by atoms with Crippen LogP contribution >= 0.6 is 21.2 Å². The Morgan fingerprint density at radius 3 is 1.66 bits per heavy atom. The Morgan fingerprint density at radius 2 is 1.08 bits per heavy atom. The zero-order valence-electron chi connectivity index (χ0n) is 39.2. The minimum atomic E-state index is -1.08. The standard InChI is InChI=1S/C45H80N3O14PS/c49-32-38(48-63)35-64-36-41(52)18-15-23-46-43(54)34-62-30-27-59-25-16-19-40(51)33-61-29-28-60-26-24-47-42(53)22-21-37(45(57)58)31-39(50)17-13-11-9-7-5-3-1-2-4-6-8-10-12-14-20-44(55)56/h32,37-38,48H,1-31,33-36,63H2,(H,46,54)(H,47,53)(H,55,56)(H,57,58)/t37-,38-/m1/s1/i32T. The predicted octanol–water partition coefficient (Wildman–Crippen LogP) is 5.43. The van der Waals surface area contributed by atoms with Crippen LogP contribution in [0.15, 0.2) is 0 Å². The number of carbonyl (C=O) groups is 8. The molecule has 0 spiro atoms. The van der Waals surface area contributed by atoms with Gasteiger partial charge in [0.1, 0.15) is 32.4 Å². The molecule has 0 aliphatic rings. The molecule has 0 bridgehead atoms. The van der Waals surface area contributed by atoms with E-state index in [0.717, 1.165) is 44.9 Å². The van der Waals surface area contributed by atoms with Crippen molar-refractivity contribution in [2.24, 2.45) is 5.92 Å². The normalized spacial score (nSPS) is 12.3. The van der Waals surface area contributed by atoms with E-state index in [-0.39, 0.29) is 120 Å². The number of nitrogens with one attached hydrogen (secondary N) is 3. The Morgan fingerprint density at radius 1 is 0.562 bits per heavy atom. The molecule has 0 aliphatic heterocycles. The topological polar surface area (TPSA) is 250 Å². The number of carbonyl (C=O) groups excluding carboxylic acids is 6. The molecule has 370 valence electrons. The van der Waals surface area contributed by atoms with Crippen molar-refractivity contribution in [1.29, 1.82) is 0 Å². The maximum Gasteiger partial charge on any atom is 0.306 e. The van der Waals surface area contributed by atoms with Crippen LogP contribution in [0.25, 0.3) is 0 Å². The van der Waals surface area contributed by atoms with Crippen molar-refractivity contribution < 1.29 is 68.9 Å². The van der Waals surface area contributed by atoms with Crippen LogP contribution in [0, 0.1) is 5.92 Å². The number of rotatable bonds is 50. The lowest BCUT2D eigenvalue weighted by molar-refractivity contribution is -0.144. The summed E-state index contributed by atoms with van der Waals surface area (Å²) in [5.74, 6) is -2.90. The van der Waals surface area contributed by atoms with Gasteiger partial charge < -0.3 is 44.6 Å². The maximum absolute atomic E-state index is 12.4. The third-order valence-corrected chi connectivity index (χ3v) is 11.5. The van der Waals surface area contributed by atoms with Crippen LogP contribution in [0.2, 0.25) is 0 Å². The molecule has 0 aromatic heterocycles. The lowest BCUT2D eigenvalue weighted by Crippen LogP contribution is -2.29. The van der Waals surface area contributed by atoms with Gasteiger partial charge in [0.2, 0.25) is 11.8 Å². The lowest BCUT2D eigenvalue weighted by Gasteiger charge is -2.12. The molecule has 17 nitrogen and oxygen atoms in total. The minimum absolute atomic E-state index is 0.00321. The fourth-order valence-electron chi connectivity index (χ4n) is 6.34. The summed E-state index contributed by atoms with van der Waals surface area (Å²) in [7, 11) is 2.19. The Balaban J connectivity index is 3.66. The van der Waals surface area contributed by atoms with Crippen LogP contribution < -0.4 is 15.7 Å². The summed E-state index contributed by atoms with van der Waals surface area (Å²) in [6.07, 6.45) is 16.7. The number of hydrogen-bond acceptors (Lipinski definition) is 14. The molecule has 64 heavy (non-hydrogen) atoms. The molecule has 19 heteroatoms. The van der Waals surface area contributed by atoms with E-state index < -0.39 is 30.2 Å². The van der Waals surface area contributed by atoms with E-state index >= 15 is 0 Å². The van der Waals surface area contributed by atoms with E-state index in [4.69, 9.17) is 25.4 Å². The van der Waals surface area contributed by atoms with Crippen LogP contribution in [0.3, 0.4) is 0 Å². The van der Waals surface area contributed by atoms with Crippen LogP contribution in [0.4, 0.5) is 0 Å². The SMILES string of the molecule is [3H]C(=O)[C@H](CSCC(=O)CCCNC(=O)COCCOCCCC(=O)COCCOCCNC(=O)CC[C@H](CC(=O)CCCCCCCCCCCCCCCCC(=O)O)C(=O)O)NP. The molecule has 0 aromatic carbocycles. The molecule has 1 unspecified atom stereocenters. The highest BCUT2D eigenvalue weighted by Gasteiger charge is 2.22. The zero-order valence-corrected chi connectivity index (χ0v) is 40.2. The van der Waals surface area contributed by atoms with E-state index in [1.54, 1.807) is 0 Å². The van der Waals surface area contributed by atoms with E-state index in [9.17, 15) is 43.5 Å². The maximum atomic E-state index is 12.4. The average molecular weight is 952 g/mol. The molecule has 0 aromatic rings. The van der Waals surface area contributed by atoms with Gasteiger partial charge in [0.15, 0.2) is 5.78 Å². The van der Waals surface area contributed by atoms with Gasteiger partial charge in [0, 0.05) is 64.0 Å². The summed E-state index contributed by atoms with van der Waals surface area (Å²) in [4.78, 5) is 93.9. The summed E-state index contributed by atoms with van der Waals surface area (Å²) >= 11 is 1.28. The molecule has 5 N–H and O–H groups in total. The Kier molecular flexibility index (Phi) is 41.9. The number of ketones is 3. The zero-order chi connectivity index (χ0) is 48.2. The summed E-state index contributed by atoms with van der Waals surface area (Å²) in [6, 6.07) is -0.628. The molecule has 0 fully saturated rings. The molecule has 0 radical (unpaired) electrons. The van der Waals surface area contributed by atoms with Crippen LogP contribution in [-0.4, -0.2) is 141 Å². The summed E-state index contributed by atoms with van der Waals surface area (Å²) < 4.78 is 28.6. The second kappa shape index (κ2) is 45.3. The number of amides is 2. The van der Waals surface area contributed by atoms with Crippen molar-refractivity contribution in [3.8, 4) is 0 Å². The molecular formula is C45H80N3O14PS. The summed E-state index contributed by atoms with van der Waals surface area (Å²) in [5.41, 5.74) is 0. The fourth-order valence-corrected chi connectivity index (χ4v) is 7.59. The number of aldehydes is 1. The number of aliphatic carboxylic acids is 2. The Labute approximate surface area is 389 Å². The van der Waals surface area contributed by atoms with Gasteiger partial charge in [0.05, 0.1) is 50.7 Å². The molecule has 2 amide bonds.